The van der Waals surface area contributed by atoms with Crippen LogP contribution >= 0.6 is 11.6 Å². The first-order valence-corrected chi connectivity index (χ1v) is 8.01. The maximum atomic E-state index is 12.4. The Balaban J connectivity index is 2.23. The number of rotatable bonds is 6. The van der Waals surface area contributed by atoms with Crippen LogP contribution in [0.15, 0.2) is 30.5 Å². The fraction of sp³-hybridized carbons (Fsp3) is 0.353. The van der Waals surface area contributed by atoms with Crippen LogP contribution in [-0.2, 0) is 4.79 Å². The molecule has 0 saturated carbocycles. The summed E-state index contributed by atoms with van der Waals surface area (Å²) in [6.07, 6.45) is 1.79. The van der Waals surface area contributed by atoms with E-state index < -0.39 is 17.9 Å². The molecule has 1 atom stereocenters. The normalized spacial score (nSPS) is 12.2. The Morgan fingerprint density at radius 1 is 1.38 bits per heavy atom. The van der Waals surface area contributed by atoms with Gasteiger partial charge in [-0.2, -0.15) is 5.10 Å². The van der Waals surface area contributed by atoms with E-state index >= 15 is 0 Å². The monoisotopic (exact) mass is 349 g/mol. The minimum absolute atomic E-state index is 0.154. The number of nitrogens with one attached hydrogen (secondary N) is 1. The van der Waals surface area contributed by atoms with E-state index in [2.05, 4.69) is 10.4 Å². The van der Waals surface area contributed by atoms with E-state index in [4.69, 9.17) is 11.6 Å². The van der Waals surface area contributed by atoms with E-state index in [1.807, 2.05) is 19.9 Å². The molecule has 7 heteroatoms. The molecule has 0 saturated heterocycles. The summed E-state index contributed by atoms with van der Waals surface area (Å²) in [6.45, 7) is 5.57. The fourth-order valence-corrected chi connectivity index (χ4v) is 2.61. The van der Waals surface area contributed by atoms with Gasteiger partial charge in [0.2, 0.25) is 0 Å². The summed E-state index contributed by atoms with van der Waals surface area (Å²) in [4.78, 5) is 23.7. The molecule has 1 amide bonds. The second kappa shape index (κ2) is 7.49. The van der Waals surface area contributed by atoms with Gasteiger partial charge >= 0.3 is 5.97 Å². The van der Waals surface area contributed by atoms with Crippen LogP contribution in [0.1, 0.15) is 36.3 Å². The molecule has 0 spiro atoms. The van der Waals surface area contributed by atoms with Crippen molar-refractivity contribution in [3.8, 4) is 5.69 Å². The molecule has 0 radical (unpaired) electrons. The molecule has 0 aliphatic rings. The van der Waals surface area contributed by atoms with Crippen LogP contribution in [0.5, 0.6) is 0 Å². The standard InChI is InChI=1S/C17H20ClN3O3/c1-10(2)7-15(17(23)24)20-16(22)14-9-19-21(11(14)3)13-6-4-5-12(18)8-13/h4-6,8-10,15H,7H2,1-3H3,(H,20,22)(H,23,24)/t15-/m1/s1. The van der Waals surface area contributed by atoms with Gasteiger partial charge in [-0.3, -0.25) is 4.79 Å². The number of nitrogens with zero attached hydrogens (tertiary/aromatic N) is 2. The molecule has 0 bridgehead atoms. The third-order valence-electron chi connectivity index (χ3n) is 3.62. The lowest BCUT2D eigenvalue weighted by Gasteiger charge is -2.16. The van der Waals surface area contributed by atoms with E-state index in [1.165, 1.54) is 6.20 Å². The highest BCUT2D eigenvalue weighted by molar-refractivity contribution is 6.30. The maximum Gasteiger partial charge on any atom is 0.326 e. The largest absolute Gasteiger partial charge is 0.480 e. The van der Waals surface area contributed by atoms with Gasteiger partial charge in [0, 0.05) is 5.02 Å². The van der Waals surface area contributed by atoms with Gasteiger partial charge in [0.25, 0.3) is 5.91 Å². The van der Waals surface area contributed by atoms with E-state index in [9.17, 15) is 14.7 Å². The summed E-state index contributed by atoms with van der Waals surface area (Å²) in [5.41, 5.74) is 1.68. The minimum Gasteiger partial charge on any atom is -0.480 e. The minimum atomic E-state index is -1.04. The van der Waals surface area contributed by atoms with Gasteiger partial charge in [-0.25, -0.2) is 9.48 Å². The zero-order valence-electron chi connectivity index (χ0n) is 13.8. The first-order valence-electron chi connectivity index (χ1n) is 7.63. The first kappa shape index (κ1) is 18.0. The van der Waals surface area contributed by atoms with E-state index in [0.29, 0.717) is 22.7 Å². The quantitative estimate of drug-likeness (QED) is 0.839. The van der Waals surface area contributed by atoms with Crippen molar-refractivity contribution in [1.82, 2.24) is 15.1 Å². The van der Waals surface area contributed by atoms with Crippen LogP contribution in [0.2, 0.25) is 5.02 Å². The van der Waals surface area contributed by atoms with Crippen LogP contribution in [-0.4, -0.2) is 32.8 Å². The Hall–Kier alpha value is -2.34. The molecule has 2 N–H and O–H groups in total. The third kappa shape index (κ3) is 4.14. The Kier molecular flexibility index (Phi) is 5.62. The fourth-order valence-electron chi connectivity index (χ4n) is 2.43. The van der Waals surface area contributed by atoms with Gasteiger partial charge in [-0.05, 0) is 37.5 Å². The van der Waals surface area contributed by atoms with Crippen LogP contribution in [0, 0.1) is 12.8 Å². The van der Waals surface area contributed by atoms with Crippen LogP contribution in [0.4, 0.5) is 0 Å². The lowest BCUT2D eigenvalue weighted by atomic mass is 10.0. The molecule has 128 valence electrons. The third-order valence-corrected chi connectivity index (χ3v) is 3.85. The van der Waals surface area contributed by atoms with Crippen LogP contribution in [0.3, 0.4) is 0 Å². The highest BCUT2D eigenvalue weighted by Gasteiger charge is 2.24. The van der Waals surface area contributed by atoms with Crippen molar-refractivity contribution in [2.75, 3.05) is 0 Å². The topological polar surface area (TPSA) is 84.2 Å². The maximum absolute atomic E-state index is 12.4. The van der Waals surface area contributed by atoms with Gasteiger partial charge in [-0.15, -0.1) is 0 Å². The number of aliphatic carboxylic acids is 1. The zero-order valence-corrected chi connectivity index (χ0v) is 14.5. The summed E-state index contributed by atoms with van der Waals surface area (Å²) in [5, 5.41) is 16.6. The number of carbonyl (C=O) groups is 2. The number of halogens is 1. The number of hydrogen-bond acceptors (Lipinski definition) is 3. The number of hydrogen-bond donors (Lipinski definition) is 2. The first-order chi connectivity index (χ1) is 11.3. The van der Waals surface area contributed by atoms with Crippen molar-refractivity contribution in [2.24, 2.45) is 5.92 Å². The van der Waals surface area contributed by atoms with E-state index in [0.717, 1.165) is 5.69 Å². The molecule has 2 rings (SSSR count). The number of carboxylic acids is 1. The van der Waals surface area contributed by atoms with Crippen LogP contribution in [0.25, 0.3) is 5.69 Å². The number of carbonyl (C=O) groups excluding carboxylic acids is 1. The van der Waals surface area contributed by atoms with Gasteiger partial charge in [0.05, 0.1) is 23.1 Å². The molecule has 1 heterocycles. The van der Waals surface area contributed by atoms with Crippen molar-refractivity contribution in [3.05, 3.63) is 46.7 Å². The molecular weight excluding hydrogens is 330 g/mol. The average Bonchev–Trinajstić information content (AvgIpc) is 2.87. The van der Waals surface area contributed by atoms with Crippen molar-refractivity contribution >= 4 is 23.5 Å². The molecule has 0 aliphatic heterocycles. The molecule has 24 heavy (non-hydrogen) atoms. The predicted octanol–water partition coefficient (Wildman–Crippen LogP) is 3.06. The predicted molar refractivity (Wildman–Crippen MR) is 91.7 cm³/mol. The summed E-state index contributed by atoms with van der Waals surface area (Å²) < 4.78 is 1.60. The van der Waals surface area contributed by atoms with Gasteiger partial charge < -0.3 is 10.4 Å². The van der Waals surface area contributed by atoms with Crippen LogP contribution < -0.4 is 5.32 Å². The number of carboxylic acid groups (broad SMARTS) is 1. The summed E-state index contributed by atoms with van der Waals surface area (Å²) in [7, 11) is 0. The zero-order chi connectivity index (χ0) is 17.9. The van der Waals surface area contributed by atoms with E-state index in [1.54, 1.807) is 29.8 Å². The number of amides is 1. The van der Waals surface area contributed by atoms with Crippen molar-refractivity contribution in [3.63, 3.8) is 0 Å². The van der Waals surface area contributed by atoms with Gasteiger partial charge in [0.1, 0.15) is 6.04 Å². The Morgan fingerprint density at radius 3 is 2.67 bits per heavy atom. The van der Waals surface area contributed by atoms with Gasteiger partial charge in [-0.1, -0.05) is 31.5 Å². The summed E-state index contributed by atoms with van der Waals surface area (Å²) in [5.74, 6) is -1.34. The smallest absolute Gasteiger partial charge is 0.326 e. The summed E-state index contributed by atoms with van der Waals surface area (Å²) >= 11 is 5.98. The Morgan fingerprint density at radius 2 is 2.08 bits per heavy atom. The highest BCUT2D eigenvalue weighted by atomic mass is 35.5. The number of benzene rings is 1. The highest BCUT2D eigenvalue weighted by Crippen LogP contribution is 2.18. The lowest BCUT2D eigenvalue weighted by molar-refractivity contribution is -0.139. The van der Waals surface area contributed by atoms with Crippen molar-refractivity contribution < 1.29 is 14.7 Å². The molecule has 2 aromatic rings. The van der Waals surface area contributed by atoms with Gasteiger partial charge in [0.15, 0.2) is 0 Å². The Bertz CT molecular complexity index is 755. The van der Waals surface area contributed by atoms with Crippen molar-refractivity contribution in [1.29, 1.82) is 0 Å². The molecule has 0 unspecified atom stereocenters. The van der Waals surface area contributed by atoms with E-state index in [-0.39, 0.29) is 5.92 Å². The SMILES string of the molecule is Cc1c(C(=O)N[C@H](CC(C)C)C(=O)O)cnn1-c1cccc(Cl)c1. The molecule has 1 aromatic carbocycles. The molecule has 1 aromatic heterocycles. The number of aromatic nitrogens is 2. The molecule has 6 nitrogen and oxygen atoms in total. The second-order valence-corrected chi connectivity index (χ2v) is 6.47. The average molecular weight is 350 g/mol. The molecular formula is C17H20ClN3O3. The van der Waals surface area contributed by atoms with Crippen molar-refractivity contribution in [2.45, 2.75) is 33.2 Å². The lowest BCUT2D eigenvalue weighted by Crippen LogP contribution is -2.41. The molecule has 0 aliphatic carbocycles. The molecule has 0 fully saturated rings. The Labute approximate surface area is 145 Å². The summed E-state index contributed by atoms with van der Waals surface area (Å²) in [6, 6.07) is 6.18. The second-order valence-electron chi connectivity index (χ2n) is 6.03.